The van der Waals surface area contributed by atoms with E-state index in [4.69, 9.17) is 0 Å². The van der Waals surface area contributed by atoms with Crippen LogP contribution in [0.25, 0.3) is 0 Å². The molecule has 21 aliphatic rings. The van der Waals surface area contributed by atoms with E-state index < -0.39 is 0 Å². The molecule has 23 rings (SSSR count). The predicted molar refractivity (Wildman–Crippen MR) is 489 cm³/mol. The molecular weight excluding hydrogens is 1290 g/mol. The lowest BCUT2D eigenvalue weighted by Gasteiger charge is -2.49. The van der Waals surface area contributed by atoms with Gasteiger partial charge in [-0.05, 0) is 268 Å². The van der Waals surface area contributed by atoms with Crippen LogP contribution in [0.4, 0.5) is 0 Å². The van der Waals surface area contributed by atoms with E-state index in [-0.39, 0.29) is 44.6 Å². The van der Waals surface area contributed by atoms with Gasteiger partial charge in [0.2, 0.25) is 0 Å². The number of hydrogen-bond donors (Lipinski definition) is 0. The first-order chi connectivity index (χ1) is 50.2. The third-order valence-corrected chi connectivity index (χ3v) is 26.5. The van der Waals surface area contributed by atoms with Crippen molar-refractivity contribution >= 4 is 0 Å². The standard InChI is InChI=1S/C10H16.C10H18.C10H12.C9H10.C7H12.C7H10.C7H14.C7H12.C6H12.C6H10.C5H10.C5H8.C5H6.C4H8.C3H6.6CH4/c1-7-2-9-4-8(1)5-10(3-7)6-9;2*1-2-6-10-8-4-3-7-9(10)5-1;1-2-5-9-7-3-6-8(9)4-1;2*1-2-7-4-3-6(1)5-7;2*1-2-4-6-7-5-3-1;2*1-2-4-6-5-3-1;3*1-2-4-5-3-1;1-2-4-3-1;1-2-3-1;;;;;;/h7-10H,1-6H2;9-10H,1-8H2;1-2,5-6H,3-4,7-8H2;1-2,4-5H,3,6-7H2;6-7H,1-5H2;1-2,6-7H,3-5H2;1-7H2;1-2H,3-7H2;1-6H2;1-2H,3-6H2;1-5H2;1-2H,3-5H2;1-4H,5H2;1-4H2;1-3H2;6*1H4. The highest BCUT2D eigenvalue weighted by Gasteiger charge is 2.42. The van der Waals surface area contributed by atoms with Gasteiger partial charge in [0, 0.05) is 0 Å². The van der Waals surface area contributed by atoms with Gasteiger partial charge in [-0.2, -0.15) is 0 Å². The van der Waals surface area contributed by atoms with Crippen molar-refractivity contribution in [1.82, 2.24) is 0 Å². The van der Waals surface area contributed by atoms with Gasteiger partial charge in [0.15, 0.2) is 0 Å². The quantitative estimate of drug-likeness (QED) is 0.182. The van der Waals surface area contributed by atoms with Crippen molar-refractivity contribution < 1.29 is 0 Å². The predicted octanol–water partition coefficient (Wildman–Crippen LogP) is 36.5. The van der Waals surface area contributed by atoms with Crippen LogP contribution in [-0.4, -0.2) is 0 Å². The zero-order valence-electron chi connectivity index (χ0n) is 66.7. The smallest absolute Gasteiger partial charge is 0.0163 e. The van der Waals surface area contributed by atoms with E-state index in [9.17, 15) is 0 Å². The summed E-state index contributed by atoms with van der Waals surface area (Å²) >= 11 is 0. The molecule has 14 fully saturated rings. The summed E-state index contributed by atoms with van der Waals surface area (Å²) in [4.78, 5) is 0. The molecule has 0 aromatic heterocycles. The fourth-order valence-corrected chi connectivity index (χ4v) is 20.0. The fourth-order valence-electron chi connectivity index (χ4n) is 20.0. The second kappa shape index (κ2) is 67.4. The maximum Gasteiger partial charge on any atom is -0.0163 e. The number of rotatable bonds is 0. The Bertz CT molecular complexity index is 2220. The van der Waals surface area contributed by atoms with Crippen LogP contribution in [0.1, 0.15) is 471 Å². The number of hydrogen-bond acceptors (Lipinski definition) is 0. The lowest BCUT2D eigenvalue weighted by atomic mass is 9.56. The molecule has 0 radical (unpaired) electrons. The highest BCUT2D eigenvalue weighted by Crippen LogP contribution is 2.53. The Kier molecular flexibility index (Phi) is 63.0. The van der Waals surface area contributed by atoms with Crippen molar-refractivity contribution in [3.63, 3.8) is 0 Å². The van der Waals surface area contributed by atoms with E-state index in [0.29, 0.717) is 0 Å². The molecule has 2 unspecified atom stereocenters. The molecule has 2 atom stereocenters. The van der Waals surface area contributed by atoms with Crippen molar-refractivity contribution in [2.24, 2.45) is 59.2 Å². The summed E-state index contributed by atoms with van der Waals surface area (Å²) in [6.45, 7) is 0. The van der Waals surface area contributed by atoms with E-state index in [2.05, 4.69) is 121 Å². The largest absolute Gasteiger partial charge is 0.0885 e. The minimum Gasteiger partial charge on any atom is -0.0885 e. The Balaban J connectivity index is 0.000000391. The van der Waals surface area contributed by atoms with Crippen LogP contribution in [0.3, 0.4) is 0 Å². The van der Waals surface area contributed by atoms with Gasteiger partial charge in [0.25, 0.3) is 0 Å². The van der Waals surface area contributed by atoms with Crippen LogP contribution < -0.4 is 0 Å². The Morgan fingerprint density at radius 1 is 0.187 bits per heavy atom. The first-order valence-electron chi connectivity index (χ1n) is 46.3. The molecule has 8 bridgehead atoms. The van der Waals surface area contributed by atoms with Crippen LogP contribution in [0.2, 0.25) is 0 Å². The molecule has 0 heteroatoms. The summed E-state index contributed by atoms with van der Waals surface area (Å²) in [5.41, 5.74) is 6.29. The first-order valence-corrected chi connectivity index (χ1v) is 46.3. The average molecular weight is 1470 g/mol. The van der Waals surface area contributed by atoms with Gasteiger partial charge in [-0.1, -0.05) is 410 Å². The van der Waals surface area contributed by atoms with Gasteiger partial charge in [0.05, 0.1) is 0 Å². The van der Waals surface area contributed by atoms with Crippen LogP contribution in [0, 0.1) is 59.2 Å². The third-order valence-electron chi connectivity index (χ3n) is 26.5. The van der Waals surface area contributed by atoms with E-state index in [0.717, 1.165) is 30.1 Å². The number of fused-ring (bicyclic) bond motifs is 7. The molecule has 0 nitrogen and oxygen atoms in total. The Morgan fingerprint density at radius 2 is 0.421 bits per heavy atom. The van der Waals surface area contributed by atoms with Gasteiger partial charge in [-0.25, -0.2) is 0 Å². The zero-order valence-corrected chi connectivity index (χ0v) is 66.7. The number of allylic oxidation sites excluding steroid dienone is 12. The third kappa shape index (κ3) is 47.9. The Labute approximate surface area is 673 Å². The van der Waals surface area contributed by atoms with E-state index in [1.54, 1.807) is 119 Å². The Hall–Kier alpha value is -3.12. The normalized spacial score (nSPS) is 28.2. The first kappa shape index (κ1) is 100.0. The molecule has 0 heterocycles. The van der Waals surface area contributed by atoms with Crippen molar-refractivity contribution in [2.75, 3.05) is 0 Å². The molecule has 0 aliphatic heterocycles. The maximum absolute atomic E-state index is 2.38. The molecule has 616 valence electrons. The molecule has 2 aromatic rings. The van der Waals surface area contributed by atoms with E-state index >= 15 is 0 Å². The summed E-state index contributed by atoms with van der Waals surface area (Å²) in [7, 11) is 0. The summed E-state index contributed by atoms with van der Waals surface area (Å²) in [5.74, 6) is 11.3. The second-order valence-electron chi connectivity index (χ2n) is 35.6. The van der Waals surface area contributed by atoms with Gasteiger partial charge in [0.1, 0.15) is 0 Å². The van der Waals surface area contributed by atoms with Gasteiger partial charge in [-0.3, -0.25) is 0 Å². The molecule has 21 aliphatic carbocycles. The molecule has 14 saturated carbocycles. The van der Waals surface area contributed by atoms with Crippen molar-refractivity contribution in [2.45, 2.75) is 475 Å². The molecule has 0 saturated heterocycles. The Morgan fingerprint density at radius 3 is 0.617 bits per heavy atom. The second-order valence-corrected chi connectivity index (χ2v) is 35.6. The average Bonchev–Trinajstić information content (AvgIpc) is 1.77. The van der Waals surface area contributed by atoms with Crippen molar-refractivity contribution in [1.29, 1.82) is 0 Å². The van der Waals surface area contributed by atoms with E-state index in [1.807, 2.05) is 0 Å². The topological polar surface area (TPSA) is 0 Å². The minimum absolute atomic E-state index is 0. The molecule has 0 spiro atoms. The minimum atomic E-state index is 0. The van der Waals surface area contributed by atoms with Crippen LogP contribution >= 0.6 is 0 Å². The monoisotopic (exact) mass is 1470 g/mol. The summed E-state index contributed by atoms with van der Waals surface area (Å²) in [6.07, 6.45) is 125. The van der Waals surface area contributed by atoms with Crippen molar-refractivity contribution in [3.8, 4) is 0 Å². The molecular formula is C107H188. The molecule has 0 N–H and O–H groups in total. The highest BCUT2D eigenvalue weighted by atomic mass is 14.5. The number of aryl methyl sites for hydroxylation is 4. The number of benzene rings is 2. The fraction of sp³-hybridized carbons (Fsp3) is 0.776. The van der Waals surface area contributed by atoms with Gasteiger partial charge >= 0.3 is 0 Å². The highest BCUT2D eigenvalue weighted by molar-refractivity contribution is 5.31. The van der Waals surface area contributed by atoms with Crippen LogP contribution in [0.5, 0.6) is 0 Å². The molecule has 2 aromatic carbocycles. The maximum atomic E-state index is 2.38. The summed E-state index contributed by atoms with van der Waals surface area (Å²) in [6, 6.07) is 17.5. The van der Waals surface area contributed by atoms with Crippen LogP contribution in [0.15, 0.2) is 121 Å². The van der Waals surface area contributed by atoms with Crippen LogP contribution in [-0.2, 0) is 25.7 Å². The van der Waals surface area contributed by atoms with E-state index in [1.165, 1.54) is 363 Å². The van der Waals surface area contributed by atoms with Gasteiger partial charge < -0.3 is 0 Å². The van der Waals surface area contributed by atoms with Gasteiger partial charge in [-0.15, -0.1) is 0 Å². The summed E-state index contributed by atoms with van der Waals surface area (Å²) in [5, 5.41) is 0. The molecule has 107 heavy (non-hydrogen) atoms. The molecule has 0 amide bonds. The van der Waals surface area contributed by atoms with Crippen molar-refractivity contribution in [3.05, 3.63) is 144 Å². The SMILES string of the molecule is C.C.C.C.C.C.C1=CC2CCC1C2.C1=CCC=C1.C1=CCCC1.C1=CCCCC1.C1=CCCCCC1.C1C2CC3CC1CC(C2)C3.C1CC1.C1CC2CCC1C2.C1CCC1.C1CCC2CCCCC2C1.C1CCCC1.C1CCCCC1.C1CCCCCC1.c1ccc2c(c1)CCC2.c1ccc2c(c1)CCCC2. The summed E-state index contributed by atoms with van der Waals surface area (Å²) < 4.78 is 0. The lowest BCUT2D eigenvalue weighted by molar-refractivity contribution is 0.0198. The lowest BCUT2D eigenvalue weighted by Crippen LogP contribution is -2.38. The zero-order chi connectivity index (χ0) is 69.6.